The van der Waals surface area contributed by atoms with Crippen molar-refractivity contribution in [2.24, 2.45) is 11.7 Å². The third-order valence-corrected chi connectivity index (χ3v) is 5.64. The highest BCUT2D eigenvalue weighted by molar-refractivity contribution is 8.04. The van der Waals surface area contributed by atoms with Gasteiger partial charge < -0.3 is 20.5 Å². The van der Waals surface area contributed by atoms with Crippen molar-refractivity contribution in [3.63, 3.8) is 0 Å². The SMILES string of the molecule is C[C@H]1C[C@@H](N)CN(C(=O)C2=CN(c3ncnc4[nH]ccc34)CCS2)C1. The summed E-state index contributed by atoms with van der Waals surface area (Å²) in [6.07, 6.45) is 6.31. The molecular formula is C17H22N6OS. The minimum absolute atomic E-state index is 0.0688. The van der Waals surface area contributed by atoms with Gasteiger partial charge in [-0.05, 0) is 18.4 Å². The maximum atomic E-state index is 13.0. The van der Waals surface area contributed by atoms with E-state index in [0.29, 0.717) is 12.5 Å². The Morgan fingerprint density at radius 1 is 1.40 bits per heavy atom. The molecule has 2 aromatic rings. The number of hydrogen-bond donors (Lipinski definition) is 2. The standard InChI is InChI=1S/C17H22N6OS/c1-11-6-12(18)8-23(7-11)17(24)14-9-22(4-5-25-14)16-13-2-3-19-15(13)20-10-21-16/h2-3,9-12H,4-8,18H2,1H3,(H,19,20,21)/t11-,12+/m0/s1. The summed E-state index contributed by atoms with van der Waals surface area (Å²) in [5.74, 6) is 2.21. The lowest BCUT2D eigenvalue weighted by molar-refractivity contribution is -0.128. The first kappa shape index (κ1) is 16.4. The van der Waals surface area contributed by atoms with Crippen molar-refractivity contribution < 1.29 is 4.79 Å². The molecule has 1 fully saturated rings. The van der Waals surface area contributed by atoms with Gasteiger partial charge >= 0.3 is 0 Å². The molecule has 0 bridgehead atoms. The second-order valence-corrected chi connectivity index (χ2v) is 7.92. The highest BCUT2D eigenvalue weighted by atomic mass is 32.2. The fraction of sp³-hybridized carbons (Fsp3) is 0.471. The maximum absolute atomic E-state index is 13.0. The second kappa shape index (κ2) is 6.68. The maximum Gasteiger partial charge on any atom is 0.261 e. The number of aromatic amines is 1. The number of H-pyrrole nitrogens is 1. The smallest absolute Gasteiger partial charge is 0.261 e. The normalized spacial score (nSPS) is 24.5. The van der Waals surface area contributed by atoms with E-state index >= 15 is 0 Å². The molecule has 0 radical (unpaired) electrons. The lowest BCUT2D eigenvalue weighted by Crippen LogP contribution is -2.49. The number of thioether (sulfide) groups is 1. The lowest BCUT2D eigenvalue weighted by atomic mass is 9.96. The topological polar surface area (TPSA) is 91.1 Å². The van der Waals surface area contributed by atoms with Crippen LogP contribution in [0.5, 0.6) is 0 Å². The summed E-state index contributed by atoms with van der Waals surface area (Å²) in [6.45, 7) is 4.38. The fourth-order valence-electron chi connectivity index (χ4n) is 3.59. The van der Waals surface area contributed by atoms with Crippen LogP contribution in [0.1, 0.15) is 13.3 Å². The van der Waals surface area contributed by atoms with Crippen LogP contribution in [0.15, 0.2) is 29.7 Å². The molecule has 3 N–H and O–H groups in total. The molecule has 2 atom stereocenters. The molecule has 4 heterocycles. The van der Waals surface area contributed by atoms with Gasteiger partial charge in [0.05, 0.1) is 10.3 Å². The van der Waals surface area contributed by atoms with Gasteiger partial charge in [-0.2, -0.15) is 0 Å². The van der Waals surface area contributed by atoms with Crippen LogP contribution in [0.2, 0.25) is 0 Å². The Morgan fingerprint density at radius 3 is 3.12 bits per heavy atom. The van der Waals surface area contributed by atoms with Crippen LogP contribution in [0.4, 0.5) is 5.82 Å². The van der Waals surface area contributed by atoms with Crippen molar-refractivity contribution in [2.75, 3.05) is 30.3 Å². The van der Waals surface area contributed by atoms with Crippen molar-refractivity contribution >= 4 is 34.5 Å². The number of anilines is 1. The summed E-state index contributed by atoms with van der Waals surface area (Å²) in [4.78, 5) is 29.4. The molecule has 1 amide bonds. The Kier molecular flexibility index (Phi) is 4.39. The molecule has 7 nitrogen and oxygen atoms in total. The Balaban J connectivity index is 1.60. The Bertz CT molecular complexity index is 808. The molecule has 1 saturated heterocycles. The molecule has 0 spiro atoms. The first-order valence-electron chi connectivity index (χ1n) is 8.56. The van der Waals surface area contributed by atoms with Crippen molar-refractivity contribution in [1.82, 2.24) is 19.9 Å². The molecule has 2 aromatic heterocycles. The zero-order valence-electron chi connectivity index (χ0n) is 14.2. The van der Waals surface area contributed by atoms with E-state index in [1.807, 2.05) is 23.4 Å². The van der Waals surface area contributed by atoms with Crippen LogP contribution >= 0.6 is 11.8 Å². The summed E-state index contributed by atoms with van der Waals surface area (Å²) in [5, 5.41) is 0.964. The lowest BCUT2D eigenvalue weighted by Gasteiger charge is -2.36. The summed E-state index contributed by atoms with van der Waals surface area (Å²) in [7, 11) is 0. The number of nitrogens with two attached hydrogens (primary N) is 1. The molecule has 2 aliphatic heterocycles. The minimum atomic E-state index is 0.0688. The van der Waals surface area contributed by atoms with Gasteiger partial charge in [0, 0.05) is 43.8 Å². The van der Waals surface area contributed by atoms with Crippen LogP contribution in [0, 0.1) is 5.92 Å². The number of aromatic nitrogens is 3. The summed E-state index contributed by atoms with van der Waals surface area (Å²) in [6, 6.07) is 2.03. The average Bonchev–Trinajstić information content (AvgIpc) is 3.09. The van der Waals surface area contributed by atoms with Gasteiger partial charge in [-0.25, -0.2) is 9.97 Å². The number of fused-ring (bicyclic) bond motifs is 1. The third kappa shape index (κ3) is 3.23. The van der Waals surface area contributed by atoms with Crippen LogP contribution in [-0.2, 0) is 4.79 Å². The van der Waals surface area contributed by atoms with E-state index in [9.17, 15) is 4.79 Å². The van der Waals surface area contributed by atoms with Gasteiger partial charge in [0.25, 0.3) is 5.91 Å². The van der Waals surface area contributed by atoms with Crippen LogP contribution in [0.3, 0.4) is 0 Å². The highest BCUT2D eigenvalue weighted by Crippen LogP contribution is 2.30. The number of carbonyl (C=O) groups excluding carboxylic acids is 1. The predicted octanol–water partition coefficient (Wildman–Crippen LogP) is 1.55. The number of nitrogens with one attached hydrogen (secondary N) is 1. The Labute approximate surface area is 150 Å². The van der Waals surface area contributed by atoms with E-state index in [1.165, 1.54) is 0 Å². The second-order valence-electron chi connectivity index (χ2n) is 6.78. The van der Waals surface area contributed by atoms with Crippen LogP contribution < -0.4 is 10.6 Å². The number of nitrogens with zero attached hydrogens (tertiary/aromatic N) is 4. The zero-order chi connectivity index (χ0) is 17.4. The quantitative estimate of drug-likeness (QED) is 0.846. The van der Waals surface area contributed by atoms with Gasteiger partial charge in [-0.1, -0.05) is 6.92 Å². The van der Waals surface area contributed by atoms with E-state index in [4.69, 9.17) is 5.73 Å². The summed E-state index contributed by atoms with van der Waals surface area (Å²) in [5.41, 5.74) is 6.91. The molecule has 2 aliphatic rings. The Morgan fingerprint density at radius 2 is 2.28 bits per heavy atom. The molecule has 0 saturated carbocycles. The van der Waals surface area contributed by atoms with Crippen molar-refractivity contribution in [3.05, 3.63) is 29.7 Å². The molecule has 0 unspecified atom stereocenters. The number of likely N-dealkylation sites (tertiary alicyclic amines) is 1. The number of amides is 1. The summed E-state index contributed by atoms with van der Waals surface area (Å²) < 4.78 is 0. The molecule has 4 rings (SSSR count). The van der Waals surface area contributed by atoms with Crippen LogP contribution in [-0.4, -0.2) is 57.2 Å². The van der Waals surface area contributed by atoms with Gasteiger partial charge in [-0.15, -0.1) is 11.8 Å². The zero-order valence-corrected chi connectivity index (χ0v) is 15.0. The van der Waals surface area contributed by atoms with Crippen molar-refractivity contribution in [1.29, 1.82) is 0 Å². The van der Waals surface area contributed by atoms with E-state index in [0.717, 1.165) is 47.0 Å². The van der Waals surface area contributed by atoms with E-state index < -0.39 is 0 Å². The first-order valence-corrected chi connectivity index (χ1v) is 9.54. The predicted molar refractivity (Wildman–Crippen MR) is 100 cm³/mol. The fourth-order valence-corrected chi connectivity index (χ4v) is 4.55. The summed E-state index contributed by atoms with van der Waals surface area (Å²) >= 11 is 1.61. The van der Waals surface area contributed by atoms with E-state index in [2.05, 4.69) is 26.8 Å². The third-order valence-electron chi connectivity index (χ3n) is 4.66. The average molecular weight is 358 g/mol. The molecule has 132 valence electrons. The number of piperidine rings is 1. The Hall–Kier alpha value is -2.06. The minimum Gasteiger partial charge on any atom is -0.346 e. The van der Waals surface area contributed by atoms with E-state index in [1.54, 1.807) is 18.1 Å². The molecule has 8 heteroatoms. The van der Waals surface area contributed by atoms with Gasteiger partial charge in [0.1, 0.15) is 17.8 Å². The molecule has 0 aliphatic carbocycles. The molecular weight excluding hydrogens is 336 g/mol. The number of carbonyl (C=O) groups is 1. The monoisotopic (exact) mass is 358 g/mol. The molecule has 0 aromatic carbocycles. The van der Waals surface area contributed by atoms with Crippen molar-refractivity contribution in [2.45, 2.75) is 19.4 Å². The largest absolute Gasteiger partial charge is 0.346 e. The van der Waals surface area contributed by atoms with Gasteiger partial charge in [0.2, 0.25) is 0 Å². The van der Waals surface area contributed by atoms with Gasteiger partial charge in [0.15, 0.2) is 0 Å². The first-order chi connectivity index (χ1) is 12.1. The number of hydrogen-bond acceptors (Lipinski definition) is 6. The van der Waals surface area contributed by atoms with Crippen molar-refractivity contribution in [3.8, 4) is 0 Å². The van der Waals surface area contributed by atoms with E-state index in [-0.39, 0.29) is 11.9 Å². The number of rotatable bonds is 2. The van der Waals surface area contributed by atoms with Gasteiger partial charge in [-0.3, -0.25) is 4.79 Å². The molecule has 25 heavy (non-hydrogen) atoms. The highest BCUT2D eigenvalue weighted by Gasteiger charge is 2.29. The van der Waals surface area contributed by atoms with Crippen LogP contribution in [0.25, 0.3) is 11.0 Å².